The molecule has 0 spiro atoms. The molecule has 200 valence electrons. The summed E-state index contributed by atoms with van der Waals surface area (Å²) in [7, 11) is 0. The predicted octanol–water partition coefficient (Wildman–Crippen LogP) is 5.80. The Kier molecular flexibility index (Phi) is 9.33. The predicted molar refractivity (Wildman–Crippen MR) is 154 cm³/mol. The Morgan fingerprint density at radius 3 is 2.11 bits per heavy atom. The maximum Gasteiger partial charge on any atom is 0.240 e. The Morgan fingerprint density at radius 1 is 0.816 bits per heavy atom. The topological polar surface area (TPSA) is 47.6 Å². The molecule has 2 unspecified atom stereocenters. The monoisotopic (exact) mass is 532 g/mol. The zero-order valence-electron chi connectivity index (χ0n) is 21.8. The van der Waals surface area contributed by atoms with Crippen molar-refractivity contribution in [2.24, 2.45) is 0 Å². The number of nitrogens with one attached hydrogen (secondary N) is 2. The van der Waals surface area contributed by atoms with Gasteiger partial charge in [-0.1, -0.05) is 67.8 Å². The second-order valence-electron chi connectivity index (χ2n) is 10.2. The number of anilines is 1. The standard InChI is InChI=1S/C31H37FN4OS/c32-25-16-18-27(19-17-25)35-20-22-36(23-21-35)30(24-10-4-1-5-11-24)29(34-38-28-14-8-3-9-15-28)31(37)33-26-12-6-2-7-13-26/h1,3-5,8-11,14-19,26,29-30,34H,2,6-7,12-13,20-23H2,(H,33,37). The molecule has 3 aromatic rings. The summed E-state index contributed by atoms with van der Waals surface area (Å²) in [5, 5.41) is 3.40. The van der Waals surface area contributed by atoms with Crippen molar-refractivity contribution in [1.29, 1.82) is 0 Å². The second-order valence-corrected chi connectivity index (χ2v) is 11.1. The highest BCUT2D eigenvalue weighted by Gasteiger charge is 2.36. The van der Waals surface area contributed by atoms with Crippen molar-refractivity contribution >= 4 is 23.5 Å². The molecule has 1 aliphatic heterocycles. The SMILES string of the molecule is O=C(NC1CCCCC1)C(NSc1ccccc1)C(c1ccccc1)N1CCN(c2ccc(F)cc2)CC1. The summed E-state index contributed by atoms with van der Waals surface area (Å²) in [5.74, 6) is -0.152. The van der Waals surface area contributed by atoms with Gasteiger partial charge in [0.1, 0.15) is 11.9 Å². The van der Waals surface area contributed by atoms with Gasteiger partial charge in [-0.05, 0) is 66.8 Å². The lowest BCUT2D eigenvalue weighted by molar-refractivity contribution is -0.125. The minimum absolute atomic E-state index is 0.0650. The fraction of sp³-hybridized carbons (Fsp3) is 0.387. The average Bonchev–Trinajstić information content (AvgIpc) is 2.97. The fourth-order valence-corrected chi connectivity index (χ4v) is 6.39. The van der Waals surface area contributed by atoms with Crippen molar-refractivity contribution < 1.29 is 9.18 Å². The number of rotatable bonds is 9. The van der Waals surface area contributed by atoms with E-state index in [0.29, 0.717) is 0 Å². The number of piperazine rings is 1. The van der Waals surface area contributed by atoms with Crippen LogP contribution in [0.4, 0.5) is 10.1 Å². The van der Waals surface area contributed by atoms with Crippen molar-refractivity contribution in [3.8, 4) is 0 Å². The first-order chi connectivity index (χ1) is 18.7. The highest BCUT2D eigenvalue weighted by Crippen LogP contribution is 2.30. The quantitative estimate of drug-likeness (QED) is 0.341. The average molecular weight is 533 g/mol. The van der Waals surface area contributed by atoms with Gasteiger partial charge in [0.05, 0.1) is 6.04 Å². The van der Waals surface area contributed by atoms with Crippen LogP contribution in [0.25, 0.3) is 0 Å². The summed E-state index contributed by atoms with van der Waals surface area (Å²) < 4.78 is 17.0. The molecular formula is C31H37FN4OS. The van der Waals surface area contributed by atoms with Crippen LogP contribution in [0.2, 0.25) is 0 Å². The van der Waals surface area contributed by atoms with E-state index in [1.807, 2.05) is 36.4 Å². The van der Waals surface area contributed by atoms with Crippen LogP contribution in [0.5, 0.6) is 0 Å². The van der Waals surface area contributed by atoms with E-state index >= 15 is 0 Å². The Labute approximate surface area is 229 Å². The van der Waals surface area contributed by atoms with Gasteiger partial charge < -0.3 is 10.2 Å². The van der Waals surface area contributed by atoms with E-state index < -0.39 is 6.04 Å². The second kappa shape index (κ2) is 13.3. The number of carbonyl (C=O) groups excluding carboxylic acids is 1. The zero-order chi connectivity index (χ0) is 26.2. The number of hydrogen-bond donors (Lipinski definition) is 2. The van der Waals surface area contributed by atoms with E-state index in [2.05, 4.69) is 56.2 Å². The van der Waals surface area contributed by atoms with E-state index in [0.717, 1.165) is 55.2 Å². The van der Waals surface area contributed by atoms with Crippen LogP contribution >= 0.6 is 11.9 Å². The van der Waals surface area contributed by atoms with Gasteiger partial charge in [-0.3, -0.25) is 9.69 Å². The maximum absolute atomic E-state index is 13.9. The number of hydrogen-bond acceptors (Lipinski definition) is 5. The molecule has 1 saturated heterocycles. The van der Waals surface area contributed by atoms with E-state index in [-0.39, 0.29) is 23.8 Å². The molecule has 38 heavy (non-hydrogen) atoms. The summed E-state index contributed by atoms with van der Waals surface area (Å²) in [5.41, 5.74) is 2.17. The van der Waals surface area contributed by atoms with Crippen molar-refractivity contribution in [3.63, 3.8) is 0 Å². The summed E-state index contributed by atoms with van der Waals surface area (Å²) in [4.78, 5) is 19.8. The number of halogens is 1. The zero-order valence-corrected chi connectivity index (χ0v) is 22.6. The van der Waals surface area contributed by atoms with Gasteiger partial charge in [0, 0.05) is 42.8 Å². The highest BCUT2D eigenvalue weighted by atomic mass is 32.2. The van der Waals surface area contributed by atoms with Gasteiger partial charge in [0.15, 0.2) is 0 Å². The molecule has 1 aliphatic carbocycles. The van der Waals surface area contributed by atoms with Crippen LogP contribution < -0.4 is 14.9 Å². The third-order valence-electron chi connectivity index (χ3n) is 7.64. The summed E-state index contributed by atoms with van der Waals surface area (Å²) in [6, 6.07) is 27.0. The number of benzene rings is 3. The Bertz CT molecular complexity index is 1130. The summed E-state index contributed by atoms with van der Waals surface area (Å²) in [6.07, 6.45) is 5.71. The van der Waals surface area contributed by atoms with Gasteiger partial charge in [0.25, 0.3) is 0 Å². The van der Waals surface area contributed by atoms with Gasteiger partial charge in [-0.2, -0.15) is 0 Å². The fourth-order valence-electron chi connectivity index (χ4n) is 5.59. The number of carbonyl (C=O) groups is 1. The highest BCUT2D eigenvalue weighted by molar-refractivity contribution is 7.97. The molecule has 1 heterocycles. The molecule has 0 aromatic heterocycles. The minimum atomic E-state index is -0.429. The number of amides is 1. The van der Waals surface area contributed by atoms with Crippen LogP contribution in [-0.4, -0.2) is 49.1 Å². The van der Waals surface area contributed by atoms with Crippen LogP contribution in [-0.2, 0) is 4.79 Å². The van der Waals surface area contributed by atoms with Crippen LogP contribution in [0.3, 0.4) is 0 Å². The molecular weight excluding hydrogens is 495 g/mol. The van der Waals surface area contributed by atoms with Crippen molar-refractivity contribution in [1.82, 2.24) is 14.9 Å². The molecule has 3 aromatic carbocycles. The Balaban J connectivity index is 1.38. The van der Waals surface area contributed by atoms with E-state index in [1.165, 1.54) is 43.3 Å². The third kappa shape index (κ3) is 6.95. The Hall–Kier alpha value is -2.87. The molecule has 0 bridgehead atoms. The normalized spacial score (nSPS) is 18.6. The van der Waals surface area contributed by atoms with Crippen LogP contribution in [0.1, 0.15) is 43.7 Å². The van der Waals surface area contributed by atoms with E-state index in [9.17, 15) is 9.18 Å². The third-order valence-corrected chi connectivity index (χ3v) is 8.52. The van der Waals surface area contributed by atoms with E-state index in [1.54, 1.807) is 0 Å². The largest absolute Gasteiger partial charge is 0.369 e. The summed E-state index contributed by atoms with van der Waals surface area (Å²) in [6.45, 7) is 3.25. The smallest absolute Gasteiger partial charge is 0.240 e. The van der Waals surface area contributed by atoms with Gasteiger partial charge >= 0.3 is 0 Å². The maximum atomic E-state index is 13.9. The first-order valence-corrected chi connectivity index (χ1v) is 14.6. The molecule has 2 N–H and O–H groups in total. The van der Waals surface area contributed by atoms with Crippen LogP contribution in [0.15, 0.2) is 89.8 Å². The lowest BCUT2D eigenvalue weighted by Gasteiger charge is -2.43. The van der Waals surface area contributed by atoms with Crippen molar-refractivity contribution in [3.05, 3.63) is 96.3 Å². The lowest BCUT2D eigenvalue weighted by Crippen LogP contribution is -2.56. The van der Waals surface area contributed by atoms with Gasteiger partial charge in [-0.15, -0.1) is 0 Å². The van der Waals surface area contributed by atoms with Gasteiger partial charge in [0.2, 0.25) is 5.91 Å². The first-order valence-electron chi connectivity index (χ1n) is 13.7. The lowest BCUT2D eigenvalue weighted by atomic mass is 9.93. The molecule has 5 nitrogen and oxygen atoms in total. The van der Waals surface area contributed by atoms with E-state index in [4.69, 9.17) is 0 Å². The molecule has 7 heteroatoms. The molecule has 1 saturated carbocycles. The molecule has 2 fully saturated rings. The van der Waals surface area contributed by atoms with Crippen molar-refractivity contribution in [2.75, 3.05) is 31.1 Å². The van der Waals surface area contributed by atoms with Crippen molar-refractivity contribution in [2.45, 2.75) is 55.1 Å². The Morgan fingerprint density at radius 2 is 1.45 bits per heavy atom. The molecule has 2 aliphatic rings. The van der Waals surface area contributed by atoms with Gasteiger partial charge in [-0.25, -0.2) is 9.11 Å². The minimum Gasteiger partial charge on any atom is -0.369 e. The van der Waals surface area contributed by atoms with Crippen LogP contribution in [0, 0.1) is 5.82 Å². The number of nitrogens with zero attached hydrogens (tertiary/aromatic N) is 2. The molecule has 0 radical (unpaired) electrons. The molecule has 2 atom stereocenters. The molecule has 1 amide bonds. The molecule has 5 rings (SSSR count). The summed E-state index contributed by atoms with van der Waals surface area (Å²) >= 11 is 1.52. The first kappa shape index (κ1) is 26.7.